The normalized spacial score (nSPS) is 12.2. The second kappa shape index (κ2) is 8.49. The van der Waals surface area contributed by atoms with Crippen LogP contribution in [0.2, 0.25) is 0 Å². The molecule has 3 aromatic carbocycles. The van der Waals surface area contributed by atoms with E-state index in [1.54, 1.807) is 25.1 Å². The Hall–Kier alpha value is -3.12. The van der Waals surface area contributed by atoms with Crippen molar-refractivity contribution in [1.29, 1.82) is 0 Å². The molecule has 0 aliphatic carbocycles. The van der Waals surface area contributed by atoms with Crippen LogP contribution in [0, 0.1) is 13.8 Å². The number of sulfonamides is 1. The number of nitrogens with one attached hydrogen (secondary N) is 2. The molecule has 5 nitrogen and oxygen atoms in total. The third-order valence-electron chi connectivity index (χ3n) is 4.70. The van der Waals surface area contributed by atoms with Crippen LogP contribution in [0.25, 0.3) is 0 Å². The molecule has 0 heterocycles. The fraction of sp³-hybridized carbons (Fsp3) is 0.174. The Labute approximate surface area is 171 Å². The number of carbonyl (C=O) groups is 1. The van der Waals surface area contributed by atoms with Crippen LogP contribution < -0.4 is 10.0 Å². The molecule has 0 aromatic heterocycles. The number of benzene rings is 3. The van der Waals surface area contributed by atoms with E-state index in [0.717, 1.165) is 28.5 Å². The predicted octanol–water partition coefficient (Wildman–Crippen LogP) is 4.19. The number of hydrogen-bond donors (Lipinski definition) is 2. The van der Waals surface area contributed by atoms with Crippen molar-refractivity contribution >= 4 is 21.6 Å². The first-order chi connectivity index (χ1) is 13.7. The van der Waals surface area contributed by atoms with Gasteiger partial charge in [-0.05, 0) is 48.2 Å². The largest absolute Gasteiger partial charge is 0.341 e. The fourth-order valence-electron chi connectivity index (χ4n) is 3.18. The van der Waals surface area contributed by atoms with Crippen LogP contribution in [0.3, 0.4) is 0 Å². The van der Waals surface area contributed by atoms with Gasteiger partial charge in [-0.2, -0.15) is 0 Å². The lowest BCUT2D eigenvalue weighted by Crippen LogP contribution is -2.30. The van der Waals surface area contributed by atoms with E-state index in [2.05, 4.69) is 10.0 Å². The molecule has 0 saturated carbocycles. The summed E-state index contributed by atoms with van der Waals surface area (Å²) in [6.45, 7) is 3.80. The van der Waals surface area contributed by atoms with Gasteiger partial charge in [-0.1, -0.05) is 60.7 Å². The molecule has 0 fully saturated rings. The van der Waals surface area contributed by atoms with Gasteiger partial charge in [-0.25, -0.2) is 8.42 Å². The first-order valence-electron chi connectivity index (χ1n) is 9.24. The van der Waals surface area contributed by atoms with Crippen LogP contribution >= 0.6 is 0 Å². The topological polar surface area (TPSA) is 75.3 Å². The van der Waals surface area contributed by atoms with E-state index in [0.29, 0.717) is 11.3 Å². The third-order valence-corrected chi connectivity index (χ3v) is 5.29. The highest BCUT2D eigenvalue weighted by Crippen LogP contribution is 2.26. The molecule has 150 valence electrons. The maximum Gasteiger partial charge on any atom is 0.252 e. The molecule has 3 aromatic rings. The molecule has 0 spiro atoms. The number of rotatable bonds is 6. The van der Waals surface area contributed by atoms with Crippen molar-refractivity contribution in [2.75, 3.05) is 11.0 Å². The first-order valence-corrected chi connectivity index (χ1v) is 11.1. The van der Waals surface area contributed by atoms with Gasteiger partial charge in [0.15, 0.2) is 0 Å². The highest BCUT2D eigenvalue weighted by molar-refractivity contribution is 7.92. The second-order valence-corrected chi connectivity index (χ2v) is 8.83. The van der Waals surface area contributed by atoms with Crippen molar-refractivity contribution in [3.63, 3.8) is 0 Å². The summed E-state index contributed by atoms with van der Waals surface area (Å²) in [5.74, 6) is -0.279. The molecule has 3 rings (SSSR count). The highest BCUT2D eigenvalue weighted by Gasteiger charge is 2.20. The second-order valence-electron chi connectivity index (χ2n) is 7.08. The van der Waals surface area contributed by atoms with Crippen LogP contribution in [0.15, 0.2) is 72.8 Å². The SMILES string of the molecule is Cc1ccc(C(=O)N[C@H](c2ccccc2)c2ccccc2C)cc1NS(C)(=O)=O. The summed E-state index contributed by atoms with van der Waals surface area (Å²) >= 11 is 0. The average Bonchev–Trinajstić information content (AvgIpc) is 2.68. The van der Waals surface area contributed by atoms with Gasteiger partial charge in [0.25, 0.3) is 5.91 Å². The van der Waals surface area contributed by atoms with Gasteiger partial charge in [-0.3, -0.25) is 9.52 Å². The Kier molecular flexibility index (Phi) is 6.03. The Morgan fingerprint density at radius 1 is 0.862 bits per heavy atom. The zero-order valence-electron chi connectivity index (χ0n) is 16.6. The fourth-order valence-corrected chi connectivity index (χ4v) is 3.80. The zero-order valence-corrected chi connectivity index (χ0v) is 17.5. The monoisotopic (exact) mass is 408 g/mol. The average molecular weight is 409 g/mol. The zero-order chi connectivity index (χ0) is 21.0. The quantitative estimate of drug-likeness (QED) is 0.642. The highest BCUT2D eigenvalue weighted by atomic mass is 32.2. The molecule has 0 aliphatic rings. The Morgan fingerprint density at radius 2 is 1.52 bits per heavy atom. The van der Waals surface area contributed by atoms with Crippen LogP contribution in [-0.2, 0) is 10.0 Å². The Balaban J connectivity index is 1.96. The number of hydrogen-bond acceptors (Lipinski definition) is 3. The first kappa shape index (κ1) is 20.6. The van der Waals surface area contributed by atoms with Crippen molar-refractivity contribution in [3.8, 4) is 0 Å². The van der Waals surface area contributed by atoms with Gasteiger partial charge in [0.1, 0.15) is 0 Å². The van der Waals surface area contributed by atoms with Gasteiger partial charge in [0, 0.05) is 5.56 Å². The standard InChI is InChI=1S/C23H24N2O3S/c1-16-9-7-8-12-20(16)22(18-10-5-4-6-11-18)24-23(26)19-14-13-17(2)21(15-19)25-29(3,27)28/h4-15,22,25H,1-3H3,(H,24,26)/t22-/m1/s1. The minimum absolute atomic E-state index is 0.279. The lowest BCUT2D eigenvalue weighted by Gasteiger charge is -2.22. The lowest BCUT2D eigenvalue weighted by molar-refractivity contribution is 0.0943. The van der Waals surface area contributed by atoms with Gasteiger partial charge < -0.3 is 5.32 Å². The summed E-state index contributed by atoms with van der Waals surface area (Å²) in [7, 11) is -3.44. The molecule has 1 amide bonds. The van der Waals surface area contributed by atoms with Crippen LogP contribution in [-0.4, -0.2) is 20.6 Å². The van der Waals surface area contributed by atoms with Crippen LogP contribution in [0.5, 0.6) is 0 Å². The number of carbonyl (C=O) groups excluding carboxylic acids is 1. The molecule has 0 aliphatic heterocycles. The van der Waals surface area contributed by atoms with Crippen LogP contribution in [0.4, 0.5) is 5.69 Å². The van der Waals surface area contributed by atoms with E-state index in [-0.39, 0.29) is 11.9 Å². The van der Waals surface area contributed by atoms with E-state index in [4.69, 9.17) is 0 Å². The van der Waals surface area contributed by atoms with E-state index in [1.807, 2.05) is 61.5 Å². The van der Waals surface area contributed by atoms with Gasteiger partial charge >= 0.3 is 0 Å². The number of amides is 1. The number of anilines is 1. The summed E-state index contributed by atoms with van der Waals surface area (Å²) in [5.41, 5.74) is 4.57. The Morgan fingerprint density at radius 3 is 2.17 bits per heavy atom. The van der Waals surface area contributed by atoms with E-state index in [1.165, 1.54) is 0 Å². The summed E-state index contributed by atoms with van der Waals surface area (Å²) in [5, 5.41) is 3.10. The van der Waals surface area contributed by atoms with Crippen molar-refractivity contribution in [3.05, 3.63) is 101 Å². The minimum atomic E-state index is -3.44. The molecular formula is C23H24N2O3S. The van der Waals surface area contributed by atoms with E-state index >= 15 is 0 Å². The third kappa shape index (κ3) is 5.23. The minimum Gasteiger partial charge on any atom is -0.341 e. The van der Waals surface area contributed by atoms with Crippen molar-refractivity contribution in [2.24, 2.45) is 0 Å². The van der Waals surface area contributed by atoms with Crippen molar-refractivity contribution in [1.82, 2.24) is 5.32 Å². The summed E-state index contributed by atoms with van der Waals surface area (Å²) in [6.07, 6.45) is 1.09. The molecule has 0 saturated heterocycles. The van der Waals surface area contributed by atoms with Gasteiger partial charge in [-0.15, -0.1) is 0 Å². The van der Waals surface area contributed by atoms with E-state index < -0.39 is 10.0 Å². The summed E-state index contributed by atoms with van der Waals surface area (Å²) < 4.78 is 25.7. The maximum absolute atomic E-state index is 13.1. The Bertz CT molecular complexity index is 1130. The molecule has 6 heteroatoms. The van der Waals surface area contributed by atoms with Gasteiger partial charge in [0.05, 0.1) is 18.0 Å². The molecule has 0 radical (unpaired) electrons. The lowest BCUT2D eigenvalue weighted by atomic mass is 9.94. The van der Waals surface area contributed by atoms with Gasteiger partial charge in [0.2, 0.25) is 10.0 Å². The summed E-state index contributed by atoms with van der Waals surface area (Å²) in [6, 6.07) is 22.3. The molecular weight excluding hydrogens is 384 g/mol. The molecule has 0 unspecified atom stereocenters. The van der Waals surface area contributed by atoms with Crippen molar-refractivity contribution < 1.29 is 13.2 Å². The van der Waals surface area contributed by atoms with Crippen LogP contribution in [0.1, 0.15) is 38.7 Å². The van der Waals surface area contributed by atoms with E-state index in [9.17, 15) is 13.2 Å². The maximum atomic E-state index is 13.1. The molecule has 0 bridgehead atoms. The molecule has 29 heavy (non-hydrogen) atoms. The number of aryl methyl sites for hydroxylation is 2. The predicted molar refractivity (Wildman–Crippen MR) is 117 cm³/mol. The molecule has 2 N–H and O–H groups in total. The summed E-state index contributed by atoms with van der Waals surface area (Å²) in [4.78, 5) is 13.1. The van der Waals surface area contributed by atoms with Crippen molar-refractivity contribution in [2.45, 2.75) is 19.9 Å². The molecule has 1 atom stereocenters. The smallest absolute Gasteiger partial charge is 0.252 e.